The van der Waals surface area contributed by atoms with Crippen molar-refractivity contribution in [3.8, 4) is 11.8 Å². The fraction of sp³-hybridized carbons (Fsp3) is 0.625. The standard InChI is InChI=1S/C16H22O3/c1-4-7-10-16(11-8-9-14(16)17)15(18)19-12-13(5-2)6-3/h5H,6,8-12H2,1-3H3. The van der Waals surface area contributed by atoms with Crippen molar-refractivity contribution in [2.45, 2.75) is 52.9 Å². The van der Waals surface area contributed by atoms with E-state index in [9.17, 15) is 9.59 Å². The van der Waals surface area contributed by atoms with E-state index in [0.29, 0.717) is 19.3 Å². The van der Waals surface area contributed by atoms with Crippen LogP contribution in [0.3, 0.4) is 0 Å². The molecule has 0 aromatic heterocycles. The van der Waals surface area contributed by atoms with Crippen molar-refractivity contribution in [2.75, 3.05) is 6.61 Å². The van der Waals surface area contributed by atoms with E-state index in [4.69, 9.17) is 4.74 Å². The zero-order chi connectivity index (χ0) is 14.3. The second-order valence-electron chi connectivity index (χ2n) is 4.84. The molecule has 1 aliphatic rings. The number of allylic oxidation sites excluding steroid dienone is 1. The van der Waals surface area contributed by atoms with Crippen LogP contribution in [0.2, 0.25) is 0 Å². The summed E-state index contributed by atoms with van der Waals surface area (Å²) in [6.07, 6.45) is 4.87. The van der Waals surface area contributed by atoms with Crippen LogP contribution in [0.5, 0.6) is 0 Å². The van der Waals surface area contributed by atoms with Crippen molar-refractivity contribution in [2.24, 2.45) is 5.41 Å². The maximum atomic E-state index is 12.3. The molecule has 0 radical (unpaired) electrons. The minimum atomic E-state index is -1.00. The molecule has 0 aromatic rings. The van der Waals surface area contributed by atoms with Crippen LogP contribution in [0.4, 0.5) is 0 Å². The van der Waals surface area contributed by atoms with Crippen molar-refractivity contribution >= 4 is 11.8 Å². The highest BCUT2D eigenvalue weighted by atomic mass is 16.5. The lowest BCUT2D eigenvalue weighted by Crippen LogP contribution is -2.37. The summed E-state index contributed by atoms with van der Waals surface area (Å²) < 4.78 is 5.34. The summed E-state index contributed by atoms with van der Waals surface area (Å²) in [4.78, 5) is 24.3. The zero-order valence-corrected chi connectivity index (χ0v) is 12.0. The summed E-state index contributed by atoms with van der Waals surface area (Å²) in [6.45, 7) is 5.93. The molecule has 1 unspecified atom stereocenters. The molecule has 0 bridgehead atoms. The van der Waals surface area contributed by atoms with Crippen LogP contribution in [0.25, 0.3) is 0 Å². The fourth-order valence-electron chi connectivity index (χ4n) is 2.33. The number of ether oxygens (including phenoxy) is 1. The highest BCUT2D eigenvalue weighted by Gasteiger charge is 2.49. The Hall–Kier alpha value is -1.56. The molecule has 1 atom stereocenters. The van der Waals surface area contributed by atoms with E-state index in [1.165, 1.54) is 0 Å². The molecule has 1 aliphatic carbocycles. The molecule has 1 rings (SSSR count). The maximum Gasteiger partial charge on any atom is 0.320 e. The number of hydrogen-bond acceptors (Lipinski definition) is 3. The fourth-order valence-corrected chi connectivity index (χ4v) is 2.33. The van der Waals surface area contributed by atoms with Gasteiger partial charge in [-0.05, 0) is 38.7 Å². The lowest BCUT2D eigenvalue weighted by molar-refractivity contribution is -0.158. The van der Waals surface area contributed by atoms with Gasteiger partial charge in [-0.1, -0.05) is 13.0 Å². The number of esters is 1. The van der Waals surface area contributed by atoms with Gasteiger partial charge in [-0.2, -0.15) is 0 Å². The first-order chi connectivity index (χ1) is 9.10. The van der Waals surface area contributed by atoms with Crippen LogP contribution < -0.4 is 0 Å². The van der Waals surface area contributed by atoms with E-state index < -0.39 is 11.4 Å². The third-order valence-electron chi connectivity index (χ3n) is 3.75. The minimum absolute atomic E-state index is 0.0150. The van der Waals surface area contributed by atoms with E-state index in [-0.39, 0.29) is 12.4 Å². The molecule has 0 saturated heterocycles. The predicted octanol–water partition coefficient (Wildman–Crippen LogP) is 3.04. The second kappa shape index (κ2) is 7.13. The van der Waals surface area contributed by atoms with E-state index >= 15 is 0 Å². The molecule has 0 heterocycles. The lowest BCUT2D eigenvalue weighted by atomic mass is 9.82. The maximum absolute atomic E-state index is 12.3. The van der Waals surface area contributed by atoms with Gasteiger partial charge in [-0.3, -0.25) is 9.59 Å². The van der Waals surface area contributed by atoms with Crippen LogP contribution >= 0.6 is 0 Å². The first-order valence-electron chi connectivity index (χ1n) is 6.85. The summed E-state index contributed by atoms with van der Waals surface area (Å²) in [6, 6.07) is 0. The molecule has 0 aromatic carbocycles. The van der Waals surface area contributed by atoms with Crippen LogP contribution in [0.15, 0.2) is 11.6 Å². The molecule has 1 saturated carbocycles. The van der Waals surface area contributed by atoms with Crippen molar-refractivity contribution in [3.05, 3.63) is 11.6 Å². The van der Waals surface area contributed by atoms with Gasteiger partial charge in [0.2, 0.25) is 0 Å². The Morgan fingerprint density at radius 3 is 2.74 bits per heavy atom. The van der Waals surface area contributed by atoms with Crippen LogP contribution in [-0.4, -0.2) is 18.4 Å². The van der Waals surface area contributed by atoms with Crippen LogP contribution in [-0.2, 0) is 14.3 Å². The number of carbonyl (C=O) groups is 2. The minimum Gasteiger partial charge on any atom is -0.460 e. The van der Waals surface area contributed by atoms with E-state index in [1.807, 2.05) is 19.9 Å². The number of carbonyl (C=O) groups excluding carboxylic acids is 2. The summed E-state index contributed by atoms with van der Waals surface area (Å²) >= 11 is 0. The smallest absolute Gasteiger partial charge is 0.320 e. The van der Waals surface area contributed by atoms with Gasteiger partial charge in [0.15, 0.2) is 5.78 Å². The van der Waals surface area contributed by atoms with Gasteiger partial charge in [0, 0.05) is 12.8 Å². The van der Waals surface area contributed by atoms with E-state index in [2.05, 4.69) is 11.8 Å². The molecule has 1 fully saturated rings. The van der Waals surface area contributed by atoms with Crippen molar-refractivity contribution in [3.63, 3.8) is 0 Å². The molecular weight excluding hydrogens is 240 g/mol. The molecule has 0 aliphatic heterocycles. The van der Waals surface area contributed by atoms with Crippen LogP contribution in [0, 0.1) is 17.3 Å². The normalized spacial score (nSPS) is 22.9. The number of hydrogen-bond donors (Lipinski definition) is 0. The summed E-state index contributed by atoms with van der Waals surface area (Å²) in [5, 5.41) is 0. The molecule has 3 nitrogen and oxygen atoms in total. The van der Waals surface area contributed by atoms with Gasteiger partial charge in [0.1, 0.15) is 12.0 Å². The van der Waals surface area contributed by atoms with Crippen molar-refractivity contribution in [1.29, 1.82) is 0 Å². The van der Waals surface area contributed by atoms with Gasteiger partial charge >= 0.3 is 5.97 Å². The molecule has 104 valence electrons. The van der Waals surface area contributed by atoms with Gasteiger partial charge in [-0.15, -0.1) is 11.8 Å². The monoisotopic (exact) mass is 262 g/mol. The first-order valence-corrected chi connectivity index (χ1v) is 6.85. The molecule has 19 heavy (non-hydrogen) atoms. The number of Topliss-reactive ketones (excluding diaryl/α,β-unsaturated/α-hetero) is 1. The summed E-state index contributed by atoms with van der Waals surface area (Å²) in [5.41, 5.74) is 0.0609. The first kappa shape index (κ1) is 15.5. The Bertz CT molecular complexity index is 437. The third kappa shape index (κ3) is 3.47. The molecule has 3 heteroatoms. The van der Waals surface area contributed by atoms with Gasteiger partial charge < -0.3 is 4.74 Å². The molecular formula is C16H22O3. The number of rotatable bonds is 5. The van der Waals surface area contributed by atoms with Gasteiger partial charge in [0.25, 0.3) is 0 Å². The summed E-state index contributed by atoms with van der Waals surface area (Å²) in [7, 11) is 0. The predicted molar refractivity (Wildman–Crippen MR) is 74.4 cm³/mol. The Morgan fingerprint density at radius 2 is 2.26 bits per heavy atom. The van der Waals surface area contributed by atoms with Crippen molar-refractivity contribution in [1.82, 2.24) is 0 Å². The third-order valence-corrected chi connectivity index (χ3v) is 3.75. The van der Waals surface area contributed by atoms with Crippen LogP contribution in [0.1, 0.15) is 52.9 Å². The Morgan fingerprint density at radius 1 is 1.53 bits per heavy atom. The Balaban J connectivity index is 2.78. The van der Waals surface area contributed by atoms with Crippen molar-refractivity contribution < 1.29 is 14.3 Å². The zero-order valence-electron chi connectivity index (χ0n) is 12.0. The molecule has 0 N–H and O–H groups in total. The molecule has 0 amide bonds. The lowest BCUT2D eigenvalue weighted by Gasteiger charge is -2.23. The highest BCUT2D eigenvalue weighted by Crippen LogP contribution is 2.39. The SMILES string of the molecule is CC#CCC1(C(=O)OCC(=CC)CC)CCCC1=O. The van der Waals surface area contributed by atoms with Gasteiger partial charge in [0.05, 0.1) is 0 Å². The average molecular weight is 262 g/mol. The van der Waals surface area contributed by atoms with E-state index in [1.54, 1.807) is 6.92 Å². The Kier molecular flexibility index (Phi) is 5.82. The average Bonchev–Trinajstić information content (AvgIpc) is 2.79. The quantitative estimate of drug-likeness (QED) is 0.331. The second-order valence-corrected chi connectivity index (χ2v) is 4.84. The molecule has 0 spiro atoms. The Labute approximate surface area is 115 Å². The largest absolute Gasteiger partial charge is 0.460 e. The summed E-state index contributed by atoms with van der Waals surface area (Å²) in [5.74, 6) is 5.22. The number of ketones is 1. The van der Waals surface area contributed by atoms with E-state index in [0.717, 1.165) is 18.4 Å². The van der Waals surface area contributed by atoms with Gasteiger partial charge in [-0.25, -0.2) is 0 Å². The highest BCUT2D eigenvalue weighted by molar-refractivity contribution is 6.05. The topological polar surface area (TPSA) is 43.4 Å².